The minimum atomic E-state index is -1.41. The summed E-state index contributed by atoms with van der Waals surface area (Å²) in [6.07, 6.45) is 0. The van der Waals surface area contributed by atoms with Crippen molar-refractivity contribution in [2.24, 2.45) is 0 Å². The molecule has 19 heavy (non-hydrogen) atoms. The quantitative estimate of drug-likeness (QED) is 0.454. The standard InChI is InChI=1S/C12H17NO6/c1-19-8-2-3-9(11(17)18)10(4-8)13-12(5-14,6-15)7-16/h2-4,13-16H,5-7H2,1H3,(H,17,18). The lowest BCUT2D eigenvalue weighted by atomic mass is 10.0. The van der Waals surface area contributed by atoms with Gasteiger partial charge in [0.1, 0.15) is 11.3 Å². The van der Waals surface area contributed by atoms with E-state index in [9.17, 15) is 20.1 Å². The van der Waals surface area contributed by atoms with Gasteiger partial charge in [0.2, 0.25) is 0 Å². The van der Waals surface area contributed by atoms with Crippen molar-refractivity contribution in [3.63, 3.8) is 0 Å². The normalized spacial score (nSPS) is 11.2. The van der Waals surface area contributed by atoms with Crippen molar-refractivity contribution in [2.45, 2.75) is 5.54 Å². The Kier molecular flexibility index (Phi) is 5.11. The van der Waals surface area contributed by atoms with Crippen LogP contribution in [0.5, 0.6) is 5.75 Å². The number of aliphatic hydroxyl groups excluding tert-OH is 3. The van der Waals surface area contributed by atoms with E-state index < -0.39 is 31.3 Å². The molecule has 1 aromatic carbocycles. The predicted octanol–water partition coefficient (Wildman–Crippen LogP) is -0.479. The van der Waals surface area contributed by atoms with Gasteiger partial charge in [-0.15, -0.1) is 0 Å². The van der Waals surface area contributed by atoms with Crippen LogP contribution in [0.3, 0.4) is 0 Å². The third-order valence-electron chi connectivity index (χ3n) is 2.76. The average Bonchev–Trinajstić information content (AvgIpc) is 2.44. The smallest absolute Gasteiger partial charge is 0.337 e. The summed E-state index contributed by atoms with van der Waals surface area (Å²) in [7, 11) is 1.43. The molecule has 0 aliphatic rings. The molecule has 7 nitrogen and oxygen atoms in total. The van der Waals surface area contributed by atoms with Crippen LogP contribution < -0.4 is 10.1 Å². The number of hydrogen-bond donors (Lipinski definition) is 5. The minimum Gasteiger partial charge on any atom is -0.497 e. The molecule has 7 heteroatoms. The fourth-order valence-corrected chi connectivity index (χ4v) is 1.49. The van der Waals surface area contributed by atoms with E-state index in [-0.39, 0.29) is 11.3 Å². The maximum absolute atomic E-state index is 11.1. The molecule has 0 aromatic heterocycles. The van der Waals surface area contributed by atoms with Gasteiger partial charge in [0.15, 0.2) is 0 Å². The summed E-state index contributed by atoms with van der Waals surface area (Å²) in [6.45, 7) is -1.68. The van der Waals surface area contributed by atoms with Crippen LogP contribution in [0.15, 0.2) is 18.2 Å². The highest BCUT2D eigenvalue weighted by molar-refractivity contribution is 5.94. The number of benzene rings is 1. The number of anilines is 1. The Morgan fingerprint density at radius 3 is 2.26 bits per heavy atom. The van der Waals surface area contributed by atoms with Gasteiger partial charge in [-0.3, -0.25) is 0 Å². The molecule has 0 unspecified atom stereocenters. The summed E-state index contributed by atoms with van der Waals surface area (Å²) in [6, 6.07) is 4.23. The molecule has 0 fully saturated rings. The van der Waals surface area contributed by atoms with Gasteiger partial charge < -0.3 is 30.5 Å². The molecule has 0 aliphatic carbocycles. The topological polar surface area (TPSA) is 119 Å². The van der Waals surface area contributed by atoms with Crippen LogP contribution in [-0.2, 0) is 0 Å². The first-order valence-electron chi connectivity index (χ1n) is 5.54. The number of nitrogens with one attached hydrogen (secondary N) is 1. The van der Waals surface area contributed by atoms with Crippen LogP contribution in [0.2, 0.25) is 0 Å². The van der Waals surface area contributed by atoms with Crippen molar-refractivity contribution in [1.82, 2.24) is 0 Å². The SMILES string of the molecule is COc1ccc(C(=O)O)c(NC(CO)(CO)CO)c1. The zero-order chi connectivity index (χ0) is 14.5. The van der Waals surface area contributed by atoms with Crippen molar-refractivity contribution < 1.29 is 30.0 Å². The van der Waals surface area contributed by atoms with E-state index in [1.165, 1.54) is 25.3 Å². The Morgan fingerprint density at radius 2 is 1.84 bits per heavy atom. The van der Waals surface area contributed by atoms with E-state index in [1.54, 1.807) is 0 Å². The summed E-state index contributed by atoms with van der Waals surface area (Å²) in [5.74, 6) is -0.761. The van der Waals surface area contributed by atoms with Crippen LogP contribution in [0, 0.1) is 0 Å². The number of aromatic carboxylic acids is 1. The van der Waals surface area contributed by atoms with Crippen LogP contribution >= 0.6 is 0 Å². The van der Waals surface area contributed by atoms with Crippen molar-refractivity contribution in [1.29, 1.82) is 0 Å². The first kappa shape index (κ1) is 15.2. The second kappa shape index (κ2) is 6.37. The molecule has 1 rings (SSSR count). The van der Waals surface area contributed by atoms with E-state index in [1.807, 2.05) is 0 Å². The molecule has 0 atom stereocenters. The maximum Gasteiger partial charge on any atom is 0.337 e. The number of methoxy groups -OCH3 is 1. The molecular weight excluding hydrogens is 254 g/mol. The second-order valence-electron chi connectivity index (χ2n) is 4.10. The number of ether oxygens (including phenoxy) is 1. The highest BCUT2D eigenvalue weighted by Crippen LogP contribution is 2.25. The van der Waals surface area contributed by atoms with E-state index in [0.29, 0.717) is 5.75 Å². The highest BCUT2D eigenvalue weighted by atomic mass is 16.5. The van der Waals surface area contributed by atoms with Crippen LogP contribution in [-0.4, -0.2) is 58.9 Å². The molecule has 106 valence electrons. The van der Waals surface area contributed by atoms with Crippen LogP contribution in [0.25, 0.3) is 0 Å². The summed E-state index contributed by atoms with van der Waals surface area (Å²) < 4.78 is 4.98. The molecule has 0 spiro atoms. The number of rotatable bonds is 7. The molecule has 0 saturated carbocycles. The van der Waals surface area contributed by atoms with Gasteiger partial charge >= 0.3 is 5.97 Å². The molecule has 5 N–H and O–H groups in total. The van der Waals surface area contributed by atoms with Gasteiger partial charge in [-0.2, -0.15) is 0 Å². The Bertz CT molecular complexity index is 436. The predicted molar refractivity (Wildman–Crippen MR) is 67.6 cm³/mol. The van der Waals surface area contributed by atoms with E-state index >= 15 is 0 Å². The number of carboxylic acid groups (broad SMARTS) is 1. The zero-order valence-corrected chi connectivity index (χ0v) is 10.5. The van der Waals surface area contributed by atoms with E-state index in [0.717, 1.165) is 0 Å². The lowest BCUT2D eigenvalue weighted by molar-refractivity contribution is 0.0692. The maximum atomic E-state index is 11.1. The van der Waals surface area contributed by atoms with E-state index in [4.69, 9.17) is 9.84 Å². The van der Waals surface area contributed by atoms with Gasteiger partial charge in [0.25, 0.3) is 0 Å². The molecule has 0 saturated heterocycles. The van der Waals surface area contributed by atoms with Gasteiger partial charge in [-0.05, 0) is 12.1 Å². The van der Waals surface area contributed by atoms with Gasteiger partial charge in [-0.1, -0.05) is 0 Å². The first-order chi connectivity index (χ1) is 9.01. The zero-order valence-electron chi connectivity index (χ0n) is 10.5. The molecular formula is C12H17NO6. The lowest BCUT2D eigenvalue weighted by Gasteiger charge is -2.30. The van der Waals surface area contributed by atoms with Crippen molar-refractivity contribution in [2.75, 3.05) is 32.2 Å². The molecule has 0 aliphatic heterocycles. The molecule has 0 heterocycles. The number of carbonyl (C=O) groups is 1. The molecule has 0 amide bonds. The summed E-state index contributed by atoms with van der Waals surface area (Å²) in [5, 5.41) is 39.4. The number of hydrogen-bond acceptors (Lipinski definition) is 6. The molecule has 0 radical (unpaired) electrons. The Morgan fingerprint density at radius 1 is 1.26 bits per heavy atom. The molecule has 1 aromatic rings. The van der Waals surface area contributed by atoms with Crippen molar-refractivity contribution in [3.05, 3.63) is 23.8 Å². The fraction of sp³-hybridized carbons (Fsp3) is 0.417. The highest BCUT2D eigenvalue weighted by Gasteiger charge is 2.29. The Balaban J connectivity index is 3.19. The lowest BCUT2D eigenvalue weighted by Crippen LogP contribution is -2.49. The van der Waals surface area contributed by atoms with Crippen LogP contribution in [0.4, 0.5) is 5.69 Å². The van der Waals surface area contributed by atoms with E-state index in [2.05, 4.69) is 5.32 Å². The Labute approximate surface area is 110 Å². The van der Waals surface area contributed by atoms with Crippen molar-refractivity contribution >= 4 is 11.7 Å². The number of aliphatic hydroxyl groups is 3. The largest absolute Gasteiger partial charge is 0.497 e. The third-order valence-corrected chi connectivity index (χ3v) is 2.76. The summed E-state index contributed by atoms with van der Waals surface area (Å²) in [5.41, 5.74) is -1.32. The average molecular weight is 271 g/mol. The minimum absolute atomic E-state index is 0.0551. The van der Waals surface area contributed by atoms with Gasteiger partial charge in [0, 0.05) is 6.07 Å². The monoisotopic (exact) mass is 271 g/mol. The Hall–Kier alpha value is -1.83. The molecule has 0 bridgehead atoms. The first-order valence-corrected chi connectivity index (χ1v) is 5.54. The summed E-state index contributed by atoms with van der Waals surface area (Å²) >= 11 is 0. The van der Waals surface area contributed by atoms with Crippen molar-refractivity contribution in [3.8, 4) is 5.75 Å². The summed E-state index contributed by atoms with van der Waals surface area (Å²) in [4.78, 5) is 11.1. The van der Waals surface area contributed by atoms with Crippen LogP contribution in [0.1, 0.15) is 10.4 Å². The second-order valence-corrected chi connectivity index (χ2v) is 4.10. The fourth-order valence-electron chi connectivity index (χ4n) is 1.49. The van der Waals surface area contributed by atoms with Gasteiger partial charge in [0.05, 0.1) is 38.2 Å². The third kappa shape index (κ3) is 3.34. The van der Waals surface area contributed by atoms with Gasteiger partial charge in [-0.25, -0.2) is 4.79 Å². The number of carboxylic acids is 1.